The van der Waals surface area contributed by atoms with Gasteiger partial charge in [-0.2, -0.15) is 0 Å². The minimum Gasteiger partial charge on any atom is -0.505 e. The number of halogens is 3. The quantitative estimate of drug-likeness (QED) is 0.623. The topological polar surface area (TPSA) is 32.3 Å². The van der Waals surface area contributed by atoms with Crippen LogP contribution in [0.4, 0.5) is 5.69 Å². The molecule has 2 N–H and O–H groups in total. The van der Waals surface area contributed by atoms with E-state index in [1.165, 1.54) is 0 Å². The maximum Gasteiger partial charge on any atom is 0.152 e. The molecule has 2 aromatic carbocycles. The smallest absolute Gasteiger partial charge is 0.152 e. The average Bonchev–Trinajstić information content (AvgIpc) is 2.45. The zero-order valence-corrected chi connectivity index (χ0v) is 13.8. The second-order valence-corrected chi connectivity index (χ2v) is 6.08. The average molecular weight is 345 g/mol. The Morgan fingerprint density at radius 3 is 2.14 bits per heavy atom. The number of aromatic hydroxyl groups is 1. The second kappa shape index (κ2) is 7.26. The van der Waals surface area contributed by atoms with Crippen LogP contribution in [0.3, 0.4) is 0 Å². The molecule has 2 aromatic rings. The van der Waals surface area contributed by atoms with Gasteiger partial charge in [0.25, 0.3) is 0 Å². The molecule has 112 valence electrons. The van der Waals surface area contributed by atoms with Crippen LogP contribution >= 0.6 is 34.8 Å². The van der Waals surface area contributed by atoms with Crippen LogP contribution in [0, 0.1) is 0 Å². The Balaban J connectivity index is 2.26. The summed E-state index contributed by atoms with van der Waals surface area (Å²) in [4.78, 5) is 0. The van der Waals surface area contributed by atoms with Crippen LogP contribution in [0.15, 0.2) is 36.4 Å². The molecule has 2 rings (SSSR count). The molecule has 0 aliphatic rings. The fourth-order valence-electron chi connectivity index (χ4n) is 2.16. The molecule has 0 fully saturated rings. The van der Waals surface area contributed by atoms with Crippen molar-refractivity contribution in [3.05, 3.63) is 57.0 Å². The van der Waals surface area contributed by atoms with Crippen molar-refractivity contribution < 1.29 is 5.11 Å². The first-order chi connectivity index (χ1) is 10.0. The molecular formula is C16H16Cl3NO. The Hall–Kier alpha value is -1.09. The lowest BCUT2D eigenvalue weighted by Gasteiger charge is -2.20. The van der Waals surface area contributed by atoms with Gasteiger partial charge in [0.05, 0.1) is 16.1 Å². The minimum atomic E-state index is -0.0950. The number of nitrogens with one attached hydrogen (secondary N) is 1. The van der Waals surface area contributed by atoms with Crippen LogP contribution in [0.2, 0.25) is 15.1 Å². The third-order valence-corrected chi connectivity index (χ3v) is 4.04. The number of phenols is 1. The van der Waals surface area contributed by atoms with E-state index in [1.807, 2.05) is 24.3 Å². The van der Waals surface area contributed by atoms with Gasteiger partial charge >= 0.3 is 0 Å². The van der Waals surface area contributed by atoms with Crippen LogP contribution in [-0.4, -0.2) is 5.11 Å². The number of rotatable bonds is 5. The van der Waals surface area contributed by atoms with E-state index < -0.39 is 0 Å². The van der Waals surface area contributed by atoms with Crippen LogP contribution < -0.4 is 5.32 Å². The monoisotopic (exact) mass is 343 g/mol. The van der Waals surface area contributed by atoms with E-state index in [4.69, 9.17) is 34.8 Å². The minimum absolute atomic E-state index is 0.0950. The van der Waals surface area contributed by atoms with E-state index >= 15 is 0 Å². The van der Waals surface area contributed by atoms with Gasteiger partial charge in [-0.15, -0.1) is 0 Å². The van der Waals surface area contributed by atoms with Crippen molar-refractivity contribution in [3.8, 4) is 5.75 Å². The lowest BCUT2D eigenvalue weighted by atomic mass is 10.0. The molecular weight excluding hydrogens is 329 g/mol. The summed E-state index contributed by atoms with van der Waals surface area (Å²) in [5.41, 5.74) is 1.91. The Morgan fingerprint density at radius 1 is 1.05 bits per heavy atom. The molecule has 2 nitrogen and oxygen atoms in total. The maximum absolute atomic E-state index is 9.61. The molecule has 0 bridgehead atoms. The summed E-state index contributed by atoms with van der Waals surface area (Å²) < 4.78 is 0. The Kier molecular flexibility index (Phi) is 5.63. The first-order valence-electron chi connectivity index (χ1n) is 6.71. The van der Waals surface area contributed by atoms with Crippen LogP contribution in [0.25, 0.3) is 0 Å². The van der Waals surface area contributed by atoms with Gasteiger partial charge in [-0.1, -0.05) is 60.3 Å². The number of hydrogen-bond acceptors (Lipinski definition) is 2. The van der Waals surface area contributed by atoms with E-state index in [-0.39, 0.29) is 21.8 Å². The fourth-order valence-corrected chi connectivity index (χ4v) is 2.77. The second-order valence-electron chi connectivity index (χ2n) is 4.83. The van der Waals surface area contributed by atoms with Crippen molar-refractivity contribution in [1.29, 1.82) is 0 Å². The van der Waals surface area contributed by atoms with Gasteiger partial charge in [0, 0.05) is 10.7 Å². The summed E-state index contributed by atoms with van der Waals surface area (Å²) in [6.45, 7) is 2.13. The van der Waals surface area contributed by atoms with E-state index in [1.54, 1.807) is 12.1 Å². The molecule has 1 unspecified atom stereocenters. The Bertz CT molecular complexity index is 590. The predicted molar refractivity (Wildman–Crippen MR) is 90.9 cm³/mol. The molecule has 0 aliphatic carbocycles. The third-order valence-electron chi connectivity index (χ3n) is 3.21. The van der Waals surface area contributed by atoms with Crippen molar-refractivity contribution in [3.63, 3.8) is 0 Å². The first kappa shape index (κ1) is 16.3. The van der Waals surface area contributed by atoms with Gasteiger partial charge in [-0.05, 0) is 36.2 Å². The number of hydrogen-bond donors (Lipinski definition) is 2. The van der Waals surface area contributed by atoms with Gasteiger partial charge in [0.15, 0.2) is 5.75 Å². The highest BCUT2D eigenvalue weighted by Gasteiger charge is 2.13. The molecule has 5 heteroatoms. The maximum atomic E-state index is 9.61. The van der Waals surface area contributed by atoms with Crippen molar-refractivity contribution in [1.82, 2.24) is 0 Å². The Morgan fingerprint density at radius 2 is 1.62 bits per heavy atom. The van der Waals surface area contributed by atoms with Gasteiger partial charge in [-0.3, -0.25) is 0 Å². The van der Waals surface area contributed by atoms with Crippen molar-refractivity contribution in [2.24, 2.45) is 0 Å². The lowest BCUT2D eigenvalue weighted by molar-refractivity contribution is 0.476. The Labute approximate surface area is 139 Å². The summed E-state index contributed by atoms with van der Waals surface area (Å²) in [6, 6.07) is 11.2. The normalized spacial score (nSPS) is 12.2. The van der Waals surface area contributed by atoms with Crippen LogP contribution in [-0.2, 0) is 0 Å². The van der Waals surface area contributed by atoms with Gasteiger partial charge in [0.1, 0.15) is 0 Å². The van der Waals surface area contributed by atoms with Gasteiger partial charge < -0.3 is 10.4 Å². The lowest BCUT2D eigenvalue weighted by Crippen LogP contribution is -2.10. The zero-order valence-electron chi connectivity index (χ0n) is 11.5. The van der Waals surface area contributed by atoms with Gasteiger partial charge in [0.2, 0.25) is 0 Å². The molecule has 0 heterocycles. The molecule has 0 spiro atoms. The van der Waals surface area contributed by atoms with Crippen LogP contribution in [0.5, 0.6) is 5.75 Å². The highest BCUT2D eigenvalue weighted by atomic mass is 35.5. The molecule has 0 radical (unpaired) electrons. The predicted octanol–water partition coefficient (Wildman–Crippen LogP) is 6.31. The molecule has 0 aromatic heterocycles. The summed E-state index contributed by atoms with van der Waals surface area (Å²) >= 11 is 17.8. The molecule has 1 atom stereocenters. The van der Waals surface area contributed by atoms with E-state index in [0.717, 1.165) is 24.1 Å². The number of anilines is 1. The summed E-state index contributed by atoms with van der Waals surface area (Å²) in [6.07, 6.45) is 1.98. The standard InChI is InChI=1S/C16H16Cl3NO/c1-2-3-15(10-4-6-11(17)7-5-10)20-12-8-13(18)16(21)14(19)9-12/h4-9,15,20-21H,2-3H2,1H3. The SMILES string of the molecule is CCCC(Nc1cc(Cl)c(O)c(Cl)c1)c1ccc(Cl)cc1. The summed E-state index contributed by atoms with van der Waals surface area (Å²) in [7, 11) is 0. The molecule has 0 saturated carbocycles. The molecule has 0 amide bonds. The van der Waals surface area contributed by atoms with Crippen molar-refractivity contribution in [2.45, 2.75) is 25.8 Å². The van der Waals surface area contributed by atoms with Crippen LogP contribution in [0.1, 0.15) is 31.4 Å². The summed E-state index contributed by atoms with van der Waals surface area (Å²) in [5, 5.41) is 14.2. The highest BCUT2D eigenvalue weighted by Crippen LogP contribution is 2.36. The largest absolute Gasteiger partial charge is 0.505 e. The van der Waals surface area contributed by atoms with Gasteiger partial charge in [-0.25, -0.2) is 0 Å². The van der Waals surface area contributed by atoms with Crippen molar-refractivity contribution in [2.75, 3.05) is 5.32 Å². The third kappa shape index (κ3) is 4.19. The zero-order chi connectivity index (χ0) is 15.4. The van der Waals surface area contributed by atoms with E-state index in [2.05, 4.69) is 12.2 Å². The molecule has 0 saturated heterocycles. The first-order valence-corrected chi connectivity index (χ1v) is 7.84. The number of benzene rings is 2. The van der Waals surface area contributed by atoms with E-state index in [0.29, 0.717) is 5.02 Å². The van der Waals surface area contributed by atoms with Crippen molar-refractivity contribution >= 4 is 40.5 Å². The fraction of sp³-hybridized carbons (Fsp3) is 0.250. The summed E-state index contributed by atoms with van der Waals surface area (Å²) in [5.74, 6) is -0.0950. The molecule has 21 heavy (non-hydrogen) atoms. The molecule has 0 aliphatic heterocycles. The highest BCUT2D eigenvalue weighted by molar-refractivity contribution is 6.37. The number of phenolic OH excluding ortho intramolecular Hbond substituents is 1. The van der Waals surface area contributed by atoms with E-state index in [9.17, 15) is 5.11 Å².